The van der Waals surface area contributed by atoms with Gasteiger partial charge in [0, 0.05) is 10.3 Å². The number of nitrogens with one attached hydrogen (secondary N) is 2. The third-order valence-electron chi connectivity index (χ3n) is 7.06. The highest BCUT2D eigenvalue weighted by molar-refractivity contribution is 7.80. The molecule has 0 saturated carbocycles. The van der Waals surface area contributed by atoms with Crippen LogP contribution in [0.15, 0.2) is 0 Å². The largest absolute Gasteiger partial charge is 0.457 e. The van der Waals surface area contributed by atoms with Gasteiger partial charge in [-0.25, -0.2) is 9.59 Å². The van der Waals surface area contributed by atoms with Crippen molar-refractivity contribution in [1.82, 2.24) is 25.6 Å². The highest BCUT2D eigenvalue weighted by atomic mass is 32.1. The molecule has 1 aromatic heterocycles. The highest BCUT2D eigenvalue weighted by Crippen LogP contribution is 2.45. The van der Waals surface area contributed by atoms with Crippen LogP contribution in [-0.2, 0) is 30.4 Å². The zero-order valence-electron chi connectivity index (χ0n) is 22.0. The van der Waals surface area contributed by atoms with Gasteiger partial charge in [-0.3, -0.25) is 4.79 Å². The second-order valence-corrected chi connectivity index (χ2v) is 11.8. The first-order valence-corrected chi connectivity index (χ1v) is 12.7. The van der Waals surface area contributed by atoms with Crippen molar-refractivity contribution in [3.63, 3.8) is 0 Å². The molecule has 39 heavy (non-hydrogen) atoms. The lowest BCUT2D eigenvalue weighted by molar-refractivity contribution is -0.232. The van der Waals surface area contributed by atoms with Crippen molar-refractivity contribution in [2.24, 2.45) is 5.41 Å². The van der Waals surface area contributed by atoms with E-state index in [1.165, 1.54) is 4.90 Å². The van der Waals surface area contributed by atoms with Gasteiger partial charge in [-0.1, -0.05) is 26.1 Å². The van der Waals surface area contributed by atoms with Crippen LogP contribution in [0.3, 0.4) is 0 Å². The van der Waals surface area contributed by atoms with Gasteiger partial charge in [0.2, 0.25) is 5.91 Å². The number of carbonyl (C=O) groups is 3. The number of nitrogens with zero attached hydrogens (tertiary/aromatic N) is 3. The summed E-state index contributed by atoms with van der Waals surface area (Å²) in [7, 11) is 0. The summed E-state index contributed by atoms with van der Waals surface area (Å²) in [6.07, 6.45) is -8.04. The summed E-state index contributed by atoms with van der Waals surface area (Å²) in [6.45, 7) is 7.40. The fraction of sp³-hybridized carbons (Fsp3) is 0.739. The molecular formula is C23H33N5O10S. The molecule has 0 aliphatic carbocycles. The summed E-state index contributed by atoms with van der Waals surface area (Å²) in [5.74, 6) is -1.29. The number of alkyl carbamates (subject to hydrolysis) is 1. The van der Waals surface area contributed by atoms with Gasteiger partial charge in [0.1, 0.15) is 66.2 Å². The first-order chi connectivity index (χ1) is 18.1. The van der Waals surface area contributed by atoms with E-state index in [0.717, 1.165) is 0 Å². The maximum Gasteiger partial charge on any atom is 0.408 e. The van der Waals surface area contributed by atoms with Crippen molar-refractivity contribution in [1.29, 1.82) is 0 Å². The van der Waals surface area contributed by atoms with Crippen molar-refractivity contribution in [2.45, 2.75) is 95.5 Å². The minimum absolute atomic E-state index is 0.000399. The van der Waals surface area contributed by atoms with Crippen molar-refractivity contribution in [3.05, 3.63) is 11.4 Å². The molecule has 6 N–H and O–H groups in total. The number of amides is 2. The molecule has 3 aliphatic heterocycles. The van der Waals surface area contributed by atoms with Crippen molar-refractivity contribution in [3.8, 4) is 0 Å². The molecule has 3 fully saturated rings. The van der Waals surface area contributed by atoms with Gasteiger partial charge in [0.15, 0.2) is 0 Å². The monoisotopic (exact) mass is 571 g/mol. The Morgan fingerprint density at radius 3 is 2.46 bits per heavy atom. The first-order valence-electron chi connectivity index (χ1n) is 12.3. The minimum atomic E-state index is -1.63. The van der Waals surface area contributed by atoms with Crippen LogP contribution in [0, 0.1) is 5.41 Å². The number of H-pyrrole nitrogens is 1. The predicted molar refractivity (Wildman–Crippen MR) is 133 cm³/mol. The number of rotatable bonds is 6. The lowest BCUT2D eigenvalue weighted by Gasteiger charge is -2.44. The number of fused-ring (bicyclic) bond motifs is 1. The zero-order chi connectivity index (χ0) is 29.0. The van der Waals surface area contributed by atoms with Gasteiger partial charge >= 0.3 is 12.1 Å². The summed E-state index contributed by atoms with van der Waals surface area (Å²) < 4.78 is 16.2. The van der Waals surface area contributed by atoms with E-state index in [0.29, 0.717) is 4.86 Å². The first kappa shape index (κ1) is 29.2. The quantitative estimate of drug-likeness (QED) is 0.127. The fourth-order valence-corrected chi connectivity index (χ4v) is 5.43. The molecule has 3 aliphatic rings. The second kappa shape index (κ2) is 10.3. The number of ether oxygens (including phenoxy) is 3. The Labute approximate surface area is 228 Å². The van der Waals surface area contributed by atoms with E-state index in [9.17, 15) is 34.8 Å². The molecule has 216 valence electrons. The maximum atomic E-state index is 13.3. The molecule has 1 aromatic rings. The Balaban J connectivity index is 1.46. The molecule has 0 aromatic carbocycles. The van der Waals surface area contributed by atoms with E-state index >= 15 is 0 Å². The van der Waals surface area contributed by atoms with E-state index in [1.54, 1.807) is 34.6 Å². The fourth-order valence-electron chi connectivity index (χ4n) is 5.06. The normalized spacial score (nSPS) is 33.8. The van der Waals surface area contributed by atoms with E-state index in [2.05, 4.69) is 20.7 Å². The molecule has 16 heteroatoms. The van der Waals surface area contributed by atoms with Gasteiger partial charge in [0.05, 0.1) is 12.6 Å². The summed E-state index contributed by atoms with van der Waals surface area (Å²) in [5.41, 5.74) is -1.68. The van der Waals surface area contributed by atoms with Crippen LogP contribution >= 0.6 is 12.2 Å². The van der Waals surface area contributed by atoms with Crippen LogP contribution in [0.4, 0.5) is 4.79 Å². The van der Waals surface area contributed by atoms with E-state index in [-0.39, 0.29) is 11.4 Å². The van der Waals surface area contributed by atoms with Gasteiger partial charge < -0.3 is 44.9 Å². The Bertz CT molecular complexity index is 1150. The van der Waals surface area contributed by atoms with Crippen LogP contribution in [0.2, 0.25) is 0 Å². The number of aliphatic hydroxyl groups excluding tert-OH is 4. The SMILES string of the molecule is CC(C)(C)OC(=O)N[C@H]1C(=O)N2[C@H]1C(=S)C(C)(C)[C@H]2C(=O)OCc1n[nH]nc1C1OC(CO)C(O)[C@@H](O)[C@H]1O. The molecule has 0 spiro atoms. The Morgan fingerprint density at radius 1 is 1.18 bits per heavy atom. The number of aromatic amines is 1. The van der Waals surface area contributed by atoms with Crippen LogP contribution in [0.1, 0.15) is 52.1 Å². The van der Waals surface area contributed by atoms with Gasteiger partial charge in [0.25, 0.3) is 0 Å². The average molecular weight is 572 g/mol. The number of aliphatic hydroxyl groups is 4. The van der Waals surface area contributed by atoms with Crippen LogP contribution in [-0.4, -0.2) is 118 Å². The second-order valence-electron chi connectivity index (χ2n) is 11.3. The van der Waals surface area contributed by atoms with E-state index in [4.69, 9.17) is 26.4 Å². The van der Waals surface area contributed by atoms with Crippen molar-refractivity contribution >= 4 is 35.1 Å². The molecule has 15 nitrogen and oxygen atoms in total. The third-order valence-corrected chi connectivity index (χ3v) is 7.83. The molecule has 8 atom stereocenters. The van der Waals surface area contributed by atoms with Crippen LogP contribution in [0.5, 0.6) is 0 Å². The predicted octanol–water partition coefficient (Wildman–Crippen LogP) is -1.75. The lowest BCUT2D eigenvalue weighted by Crippen LogP contribution is -2.72. The highest BCUT2D eigenvalue weighted by Gasteiger charge is 2.67. The Morgan fingerprint density at radius 2 is 1.85 bits per heavy atom. The number of thiocarbonyl (C=S) groups is 1. The average Bonchev–Trinajstić information content (AvgIpc) is 3.38. The topological polar surface area (TPSA) is 217 Å². The number of hydrogen-bond acceptors (Lipinski definition) is 13. The molecule has 3 unspecified atom stereocenters. The number of esters is 1. The van der Waals surface area contributed by atoms with E-state index in [1.807, 2.05) is 0 Å². The van der Waals surface area contributed by atoms with Crippen LogP contribution in [0.25, 0.3) is 0 Å². The van der Waals surface area contributed by atoms with Gasteiger partial charge in [-0.05, 0) is 20.8 Å². The Hall–Kier alpha value is -2.76. The minimum Gasteiger partial charge on any atom is -0.457 e. The number of hydrogen-bond donors (Lipinski definition) is 6. The number of β-lactam (4-membered cyclic amide) rings is 1. The lowest BCUT2D eigenvalue weighted by atomic mass is 9.83. The molecule has 4 rings (SSSR count). The molecule has 0 bridgehead atoms. The smallest absolute Gasteiger partial charge is 0.408 e. The summed E-state index contributed by atoms with van der Waals surface area (Å²) in [6, 6.07) is -2.76. The van der Waals surface area contributed by atoms with Gasteiger partial charge in [-0.2, -0.15) is 15.4 Å². The summed E-state index contributed by atoms with van der Waals surface area (Å²) >= 11 is 5.59. The van der Waals surface area contributed by atoms with Crippen LogP contribution < -0.4 is 5.32 Å². The van der Waals surface area contributed by atoms with Gasteiger partial charge in [-0.15, -0.1) is 0 Å². The standard InChI is InChI=1S/C23H33N5O10S/c1-22(2,3)38-21(35)24-11-12-18(39)23(4,5)17(28(12)19(11)33)20(34)36-7-8-10(26-27-25-8)16-15(32)14(31)13(30)9(6-29)37-16/h9,11-17,29-32H,6-7H2,1-5H3,(H,24,35)(H,25,26,27)/t9?,11-,12-,13?,14-,15-,16?,17-/m1/s1. The molecule has 2 amide bonds. The summed E-state index contributed by atoms with van der Waals surface area (Å²) in [4.78, 5) is 40.2. The molecule has 3 saturated heterocycles. The number of aromatic nitrogens is 3. The van der Waals surface area contributed by atoms with Crippen molar-refractivity contribution in [2.75, 3.05) is 6.61 Å². The van der Waals surface area contributed by atoms with Crippen molar-refractivity contribution < 1.29 is 49.0 Å². The zero-order valence-corrected chi connectivity index (χ0v) is 22.8. The molecule has 4 heterocycles. The molecule has 0 radical (unpaired) electrons. The third kappa shape index (κ3) is 5.12. The maximum absolute atomic E-state index is 13.3. The number of carbonyl (C=O) groups excluding carboxylic acids is 3. The Kier molecular flexibility index (Phi) is 7.74. The van der Waals surface area contributed by atoms with E-state index < -0.39 is 90.8 Å². The molecular weight excluding hydrogens is 538 g/mol. The summed E-state index contributed by atoms with van der Waals surface area (Å²) in [5, 5.41) is 52.7.